The van der Waals surface area contributed by atoms with E-state index in [1.807, 2.05) is 50.2 Å². The van der Waals surface area contributed by atoms with E-state index < -0.39 is 0 Å². The van der Waals surface area contributed by atoms with Crippen molar-refractivity contribution in [1.82, 2.24) is 0 Å². The van der Waals surface area contributed by atoms with Crippen LogP contribution in [0, 0.1) is 13.8 Å². The van der Waals surface area contributed by atoms with Crippen LogP contribution in [-0.2, 0) is 0 Å². The molecule has 0 aliphatic carbocycles. The summed E-state index contributed by atoms with van der Waals surface area (Å²) < 4.78 is 0. The molecule has 4 nitrogen and oxygen atoms in total. The molecule has 0 saturated carbocycles. The number of rotatable bonds is 3. The lowest BCUT2D eigenvalue weighted by Crippen LogP contribution is -2.40. The second-order valence-corrected chi connectivity index (χ2v) is 7.88. The van der Waals surface area contributed by atoms with Crippen LogP contribution in [0.25, 0.3) is 10.8 Å². The minimum atomic E-state index is -0.377. The minimum Gasteiger partial charge on any atom is -0.289 e. The van der Waals surface area contributed by atoms with Crippen LogP contribution in [0.15, 0.2) is 78.9 Å². The zero-order chi connectivity index (χ0) is 21.7. The highest BCUT2D eigenvalue weighted by molar-refractivity contribution is 6.37. The van der Waals surface area contributed by atoms with E-state index in [1.165, 1.54) is 4.90 Å². The van der Waals surface area contributed by atoms with E-state index in [2.05, 4.69) is 0 Å². The van der Waals surface area contributed by atoms with Crippen molar-refractivity contribution in [2.24, 2.45) is 0 Å². The number of imide groups is 1. The van der Waals surface area contributed by atoms with E-state index in [4.69, 9.17) is 0 Å². The highest BCUT2D eigenvalue weighted by Crippen LogP contribution is 2.35. The van der Waals surface area contributed by atoms with Crippen LogP contribution in [0.4, 0.5) is 5.69 Å². The molecule has 150 valence electrons. The molecule has 0 atom stereocenters. The molecular formula is C27H19NO3. The van der Waals surface area contributed by atoms with Crippen molar-refractivity contribution in [3.63, 3.8) is 0 Å². The summed E-state index contributed by atoms with van der Waals surface area (Å²) >= 11 is 0. The Balaban J connectivity index is 1.71. The number of nitrogens with zero attached hydrogens (tertiary/aromatic N) is 1. The summed E-state index contributed by atoms with van der Waals surface area (Å²) in [6.45, 7) is 3.87. The van der Waals surface area contributed by atoms with Crippen molar-refractivity contribution < 1.29 is 14.4 Å². The quantitative estimate of drug-likeness (QED) is 0.335. The number of carbonyl (C=O) groups is 3. The summed E-state index contributed by atoms with van der Waals surface area (Å²) in [5, 5.41) is 1.16. The molecule has 4 heteroatoms. The predicted molar refractivity (Wildman–Crippen MR) is 121 cm³/mol. The largest absolute Gasteiger partial charge is 0.289 e. The summed E-state index contributed by atoms with van der Waals surface area (Å²) in [5.41, 5.74) is 4.40. The Morgan fingerprint density at radius 2 is 1.35 bits per heavy atom. The number of amides is 2. The average Bonchev–Trinajstić information content (AvgIpc) is 2.76. The van der Waals surface area contributed by atoms with Crippen LogP contribution >= 0.6 is 0 Å². The lowest BCUT2D eigenvalue weighted by molar-refractivity contribution is 0.0892. The smallest absolute Gasteiger partial charge is 0.265 e. The zero-order valence-corrected chi connectivity index (χ0v) is 17.2. The van der Waals surface area contributed by atoms with Crippen LogP contribution in [0.3, 0.4) is 0 Å². The van der Waals surface area contributed by atoms with Gasteiger partial charge in [0.1, 0.15) is 0 Å². The van der Waals surface area contributed by atoms with E-state index in [1.54, 1.807) is 42.5 Å². The van der Waals surface area contributed by atoms with Gasteiger partial charge in [0.05, 0.1) is 5.69 Å². The monoisotopic (exact) mass is 405 g/mol. The Bertz CT molecular complexity index is 1360. The van der Waals surface area contributed by atoms with E-state index in [0.717, 1.165) is 11.1 Å². The normalized spacial score (nSPS) is 13.0. The van der Waals surface area contributed by atoms with Crippen LogP contribution in [-0.4, -0.2) is 17.6 Å². The second-order valence-electron chi connectivity index (χ2n) is 7.88. The summed E-state index contributed by atoms with van der Waals surface area (Å²) in [6.07, 6.45) is 0. The molecule has 1 aliphatic rings. The third-order valence-electron chi connectivity index (χ3n) is 5.65. The Morgan fingerprint density at radius 3 is 2.03 bits per heavy atom. The predicted octanol–water partition coefficient (Wildman–Crippen LogP) is 5.49. The van der Waals surface area contributed by atoms with Gasteiger partial charge in [-0.2, -0.15) is 0 Å². The number of ketones is 1. The van der Waals surface area contributed by atoms with Gasteiger partial charge in [0.2, 0.25) is 0 Å². The van der Waals surface area contributed by atoms with Crippen molar-refractivity contribution >= 4 is 34.1 Å². The zero-order valence-electron chi connectivity index (χ0n) is 17.2. The van der Waals surface area contributed by atoms with Gasteiger partial charge in [-0.1, -0.05) is 48.5 Å². The van der Waals surface area contributed by atoms with Crippen molar-refractivity contribution in [1.29, 1.82) is 0 Å². The van der Waals surface area contributed by atoms with Gasteiger partial charge in [-0.3, -0.25) is 14.4 Å². The molecular weight excluding hydrogens is 386 g/mol. The fraction of sp³-hybridized carbons (Fsp3) is 0.0741. The summed E-state index contributed by atoms with van der Waals surface area (Å²) in [7, 11) is 0. The van der Waals surface area contributed by atoms with Gasteiger partial charge in [-0.25, -0.2) is 4.90 Å². The molecule has 1 heterocycles. The fourth-order valence-electron chi connectivity index (χ4n) is 4.35. The molecule has 2 amide bonds. The van der Waals surface area contributed by atoms with Gasteiger partial charge in [0.15, 0.2) is 5.78 Å². The Labute approximate surface area is 179 Å². The molecule has 0 bridgehead atoms. The Kier molecular flexibility index (Phi) is 4.29. The van der Waals surface area contributed by atoms with Crippen LogP contribution in [0.1, 0.15) is 47.8 Å². The van der Waals surface area contributed by atoms with E-state index in [0.29, 0.717) is 38.7 Å². The maximum Gasteiger partial charge on any atom is 0.265 e. The molecule has 0 radical (unpaired) electrons. The standard InChI is InChI=1S/C27H19NO3/c1-16-13-17(2)15-19(14-16)28-26(30)22-10-6-9-20-21(11-12-23(24(20)22)27(28)31)25(29)18-7-4-3-5-8-18/h3-15H,1-2H3. The van der Waals surface area contributed by atoms with Crippen molar-refractivity contribution in [3.8, 4) is 0 Å². The number of carbonyl (C=O) groups excluding carboxylic acids is 3. The number of hydrogen-bond acceptors (Lipinski definition) is 3. The molecule has 0 fully saturated rings. The van der Waals surface area contributed by atoms with Gasteiger partial charge >= 0.3 is 0 Å². The van der Waals surface area contributed by atoms with Crippen molar-refractivity contribution in [2.75, 3.05) is 4.90 Å². The lowest BCUT2D eigenvalue weighted by Gasteiger charge is -2.28. The molecule has 0 unspecified atom stereocenters. The molecule has 0 N–H and O–H groups in total. The molecule has 5 rings (SSSR count). The summed E-state index contributed by atoms with van der Waals surface area (Å²) in [5.74, 6) is -0.893. The van der Waals surface area contributed by atoms with Crippen molar-refractivity contribution in [3.05, 3.63) is 112 Å². The van der Waals surface area contributed by atoms with E-state index in [9.17, 15) is 14.4 Å². The summed E-state index contributed by atoms with van der Waals surface area (Å²) in [4.78, 5) is 41.2. The first kappa shape index (κ1) is 18.9. The number of benzene rings is 4. The number of aryl methyl sites for hydroxylation is 2. The van der Waals surface area contributed by atoms with Gasteiger partial charge in [0, 0.05) is 27.6 Å². The number of anilines is 1. The van der Waals surface area contributed by atoms with Gasteiger partial charge in [-0.05, 0) is 60.7 Å². The minimum absolute atomic E-state index is 0.138. The van der Waals surface area contributed by atoms with Crippen LogP contribution in [0.5, 0.6) is 0 Å². The molecule has 31 heavy (non-hydrogen) atoms. The van der Waals surface area contributed by atoms with Crippen molar-refractivity contribution in [2.45, 2.75) is 13.8 Å². The lowest BCUT2D eigenvalue weighted by atomic mass is 9.88. The first-order chi connectivity index (χ1) is 15.0. The molecule has 1 aliphatic heterocycles. The first-order valence-corrected chi connectivity index (χ1v) is 10.1. The molecule has 0 spiro atoms. The van der Waals surface area contributed by atoms with Crippen LogP contribution < -0.4 is 4.90 Å². The van der Waals surface area contributed by atoms with E-state index in [-0.39, 0.29) is 17.6 Å². The Morgan fingerprint density at radius 1 is 0.710 bits per heavy atom. The summed E-state index contributed by atoms with van der Waals surface area (Å²) in [6, 6.07) is 23.3. The average molecular weight is 405 g/mol. The third kappa shape index (κ3) is 2.96. The van der Waals surface area contributed by atoms with E-state index >= 15 is 0 Å². The molecule has 4 aromatic rings. The third-order valence-corrected chi connectivity index (χ3v) is 5.65. The highest BCUT2D eigenvalue weighted by Gasteiger charge is 2.35. The second kappa shape index (κ2) is 7.03. The topological polar surface area (TPSA) is 54.5 Å². The fourth-order valence-corrected chi connectivity index (χ4v) is 4.35. The maximum absolute atomic E-state index is 13.4. The molecule has 0 aromatic heterocycles. The SMILES string of the molecule is Cc1cc(C)cc(N2C(=O)c3cccc4c(C(=O)c5ccccc5)ccc(c34)C2=O)c1. The number of hydrogen-bond donors (Lipinski definition) is 0. The van der Waals surface area contributed by atoms with Crippen LogP contribution in [0.2, 0.25) is 0 Å². The molecule has 0 saturated heterocycles. The van der Waals surface area contributed by atoms with Gasteiger partial charge in [-0.15, -0.1) is 0 Å². The van der Waals surface area contributed by atoms with Gasteiger partial charge < -0.3 is 0 Å². The Hall–Kier alpha value is -4.05. The van der Waals surface area contributed by atoms with Gasteiger partial charge in [0.25, 0.3) is 11.8 Å². The maximum atomic E-state index is 13.4. The first-order valence-electron chi connectivity index (χ1n) is 10.1. The highest BCUT2D eigenvalue weighted by atomic mass is 16.2. The molecule has 4 aromatic carbocycles.